The second kappa shape index (κ2) is 11.8. The average Bonchev–Trinajstić information content (AvgIpc) is 2.72. The first-order valence-electron chi connectivity index (χ1n) is 10.4. The van der Waals surface area contributed by atoms with Crippen molar-refractivity contribution in [1.82, 2.24) is 10.0 Å². The third-order valence-corrected chi connectivity index (χ3v) is 6.08. The molecule has 0 aliphatic carbocycles. The number of ether oxygens (including phenoxy) is 1. The van der Waals surface area contributed by atoms with Crippen LogP contribution in [0.4, 0.5) is 5.69 Å². The topological polar surface area (TPSA) is 114 Å². The minimum atomic E-state index is -3.75. The van der Waals surface area contributed by atoms with E-state index in [-0.39, 0.29) is 47.9 Å². The number of sulfonamides is 1. The Morgan fingerprint density at radius 1 is 1.09 bits per heavy atom. The van der Waals surface area contributed by atoms with Crippen LogP contribution in [0.2, 0.25) is 0 Å². The molecule has 0 heterocycles. The summed E-state index contributed by atoms with van der Waals surface area (Å²) in [6.07, 6.45) is 0.430. The number of aryl methyl sites for hydroxylation is 1. The van der Waals surface area contributed by atoms with Crippen molar-refractivity contribution in [3.63, 3.8) is 0 Å². The lowest BCUT2D eigenvalue weighted by Gasteiger charge is -2.12. The van der Waals surface area contributed by atoms with Crippen LogP contribution in [0, 0.1) is 12.8 Å². The molecule has 0 aliphatic heterocycles. The molecule has 0 unspecified atom stereocenters. The Hall–Kier alpha value is -2.75. The third kappa shape index (κ3) is 7.74. The summed E-state index contributed by atoms with van der Waals surface area (Å²) in [4.78, 5) is 24.7. The molecule has 0 fully saturated rings. The van der Waals surface area contributed by atoms with Gasteiger partial charge in [0.1, 0.15) is 0 Å². The molecule has 2 rings (SSSR count). The lowest BCUT2D eigenvalue weighted by Crippen LogP contribution is -2.28. The smallest absolute Gasteiger partial charge is 0.251 e. The van der Waals surface area contributed by atoms with Crippen molar-refractivity contribution >= 4 is 27.5 Å². The summed E-state index contributed by atoms with van der Waals surface area (Å²) in [6.45, 7) is 6.31. The summed E-state index contributed by atoms with van der Waals surface area (Å²) in [5.74, 6) is -0.185. The standard InChI is InChI=1S/C23H31N3O5S/c1-16(2)12-22(27)26-19-7-5-6-18(13-19)15-24-23(28)21-14-20(9-8-17(21)3)32(29,30)25-10-11-31-4/h5-9,13-14,16,25H,10-12,15H2,1-4H3,(H,24,28)(H,26,27). The quantitative estimate of drug-likeness (QED) is 0.445. The second-order valence-corrected chi connectivity index (χ2v) is 9.66. The fourth-order valence-electron chi connectivity index (χ4n) is 2.99. The van der Waals surface area contributed by atoms with Crippen molar-refractivity contribution in [3.8, 4) is 0 Å². The molecule has 2 aromatic rings. The summed E-state index contributed by atoms with van der Waals surface area (Å²) in [7, 11) is -2.26. The Morgan fingerprint density at radius 3 is 2.53 bits per heavy atom. The normalized spacial score (nSPS) is 11.4. The molecular weight excluding hydrogens is 430 g/mol. The summed E-state index contributed by atoms with van der Waals surface area (Å²) >= 11 is 0. The summed E-state index contributed by atoms with van der Waals surface area (Å²) < 4.78 is 32.2. The van der Waals surface area contributed by atoms with Crippen LogP contribution in [0.25, 0.3) is 0 Å². The number of hydrogen-bond acceptors (Lipinski definition) is 5. The van der Waals surface area contributed by atoms with E-state index in [2.05, 4.69) is 15.4 Å². The van der Waals surface area contributed by atoms with E-state index in [0.29, 0.717) is 17.7 Å². The highest BCUT2D eigenvalue weighted by Gasteiger charge is 2.18. The number of benzene rings is 2. The second-order valence-electron chi connectivity index (χ2n) is 7.90. The van der Waals surface area contributed by atoms with E-state index in [1.54, 1.807) is 31.2 Å². The van der Waals surface area contributed by atoms with E-state index in [1.807, 2.05) is 19.9 Å². The largest absolute Gasteiger partial charge is 0.383 e. The van der Waals surface area contributed by atoms with Crippen molar-refractivity contribution in [2.75, 3.05) is 25.6 Å². The van der Waals surface area contributed by atoms with E-state index >= 15 is 0 Å². The SMILES string of the molecule is COCCNS(=O)(=O)c1ccc(C)c(C(=O)NCc2cccc(NC(=O)CC(C)C)c2)c1. The highest BCUT2D eigenvalue weighted by molar-refractivity contribution is 7.89. The fourth-order valence-corrected chi connectivity index (χ4v) is 4.03. The van der Waals surface area contributed by atoms with Crippen LogP contribution in [-0.4, -0.2) is 40.5 Å². The molecule has 0 saturated carbocycles. The van der Waals surface area contributed by atoms with Gasteiger partial charge in [0.25, 0.3) is 5.91 Å². The lowest BCUT2D eigenvalue weighted by atomic mass is 10.1. The summed E-state index contributed by atoms with van der Waals surface area (Å²) in [5, 5.41) is 5.67. The van der Waals surface area contributed by atoms with Crippen LogP contribution in [-0.2, 0) is 26.1 Å². The maximum absolute atomic E-state index is 12.7. The molecule has 0 bridgehead atoms. The minimum Gasteiger partial charge on any atom is -0.383 e. The number of amides is 2. The number of rotatable bonds is 11. The van der Waals surface area contributed by atoms with Crippen molar-refractivity contribution in [1.29, 1.82) is 0 Å². The molecule has 32 heavy (non-hydrogen) atoms. The van der Waals surface area contributed by atoms with Crippen LogP contribution < -0.4 is 15.4 Å². The Bertz CT molecular complexity index is 1050. The van der Waals surface area contributed by atoms with Crippen molar-refractivity contribution in [2.24, 2.45) is 5.92 Å². The molecular formula is C23H31N3O5S. The van der Waals surface area contributed by atoms with Crippen molar-refractivity contribution < 1.29 is 22.7 Å². The first-order chi connectivity index (χ1) is 15.1. The number of anilines is 1. The monoisotopic (exact) mass is 461 g/mol. The van der Waals surface area contributed by atoms with Crippen LogP contribution >= 0.6 is 0 Å². The summed E-state index contributed by atoms with van der Waals surface area (Å²) in [5.41, 5.74) is 2.41. The van der Waals surface area contributed by atoms with Gasteiger partial charge in [0, 0.05) is 37.9 Å². The van der Waals surface area contributed by atoms with Crippen LogP contribution in [0.1, 0.15) is 41.8 Å². The Kier molecular flexibility index (Phi) is 9.37. The molecule has 0 atom stereocenters. The first-order valence-corrected chi connectivity index (χ1v) is 11.9. The molecule has 2 amide bonds. The van der Waals surface area contributed by atoms with Crippen LogP contribution in [0.15, 0.2) is 47.4 Å². The van der Waals surface area contributed by atoms with E-state index < -0.39 is 10.0 Å². The minimum absolute atomic E-state index is 0.0132. The van der Waals surface area contributed by atoms with Gasteiger partial charge in [0.05, 0.1) is 11.5 Å². The van der Waals surface area contributed by atoms with Gasteiger partial charge in [-0.25, -0.2) is 13.1 Å². The zero-order valence-corrected chi connectivity index (χ0v) is 19.7. The van der Waals surface area contributed by atoms with Gasteiger partial charge >= 0.3 is 0 Å². The van der Waals surface area contributed by atoms with Gasteiger partial charge in [-0.1, -0.05) is 32.0 Å². The predicted molar refractivity (Wildman–Crippen MR) is 124 cm³/mol. The highest BCUT2D eigenvalue weighted by atomic mass is 32.2. The highest BCUT2D eigenvalue weighted by Crippen LogP contribution is 2.17. The van der Waals surface area contributed by atoms with E-state index in [9.17, 15) is 18.0 Å². The maximum Gasteiger partial charge on any atom is 0.251 e. The Balaban J connectivity index is 2.07. The molecule has 0 aromatic heterocycles. The van der Waals surface area contributed by atoms with Gasteiger partial charge in [-0.2, -0.15) is 0 Å². The van der Waals surface area contributed by atoms with Gasteiger partial charge < -0.3 is 15.4 Å². The van der Waals surface area contributed by atoms with Gasteiger partial charge in [-0.15, -0.1) is 0 Å². The summed E-state index contributed by atoms with van der Waals surface area (Å²) in [6, 6.07) is 11.7. The molecule has 174 valence electrons. The molecule has 0 radical (unpaired) electrons. The molecule has 3 N–H and O–H groups in total. The Labute approximate surface area is 189 Å². The number of methoxy groups -OCH3 is 1. The van der Waals surface area contributed by atoms with E-state index in [4.69, 9.17) is 4.74 Å². The molecule has 0 aliphatic rings. The first kappa shape index (κ1) is 25.5. The third-order valence-electron chi connectivity index (χ3n) is 4.62. The van der Waals surface area contributed by atoms with Crippen LogP contribution in [0.5, 0.6) is 0 Å². The van der Waals surface area contributed by atoms with Gasteiger partial charge in [0.2, 0.25) is 15.9 Å². The van der Waals surface area contributed by atoms with Crippen molar-refractivity contribution in [2.45, 2.75) is 38.6 Å². The number of carbonyl (C=O) groups excluding carboxylic acids is 2. The molecule has 2 aromatic carbocycles. The fraction of sp³-hybridized carbons (Fsp3) is 0.391. The molecule has 0 spiro atoms. The molecule has 8 nitrogen and oxygen atoms in total. The maximum atomic E-state index is 12.7. The zero-order chi connectivity index (χ0) is 23.7. The van der Waals surface area contributed by atoms with Gasteiger partial charge in [0.15, 0.2) is 0 Å². The van der Waals surface area contributed by atoms with Gasteiger partial charge in [-0.05, 0) is 48.2 Å². The van der Waals surface area contributed by atoms with Gasteiger partial charge in [-0.3, -0.25) is 9.59 Å². The number of carbonyl (C=O) groups is 2. The number of hydrogen-bond donors (Lipinski definition) is 3. The average molecular weight is 462 g/mol. The Morgan fingerprint density at radius 2 is 1.84 bits per heavy atom. The molecule has 9 heteroatoms. The number of nitrogens with one attached hydrogen (secondary N) is 3. The van der Waals surface area contributed by atoms with E-state index in [1.165, 1.54) is 19.2 Å². The molecule has 0 saturated heterocycles. The van der Waals surface area contributed by atoms with Crippen molar-refractivity contribution in [3.05, 3.63) is 59.2 Å². The van der Waals surface area contributed by atoms with Crippen LogP contribution in [0.3, 0.4) is 0 Å². The predicted octanol–water partition coefficient (Wildman–Crippen LogP) is 2.83. The lowest BCUT2D eigenvalue weighted by molar-refractivity contribution is -0.116. The zero-order valence-electron chi connectivity index (χ0n) is 18.9. The van der Waals surface area contributed by atoms with E-state index in [0.717, 1.165) is 5.56 Å².